The van der Waals surface area contributed by atoms with E-state index in [0.717, 1.165) is 17.7 Å². The molecule has 4 nitrogen and oxygen atoms in total. The van der Waals surface area contributed by atoms with Gasteiger partial charge in [-0.05, 0) is 37.1 Å². The van der Waals surface area contributed by atoms with Crippen LogP contribution in [-0.4, -0.2) is 30.3 Å². The summed E-state index contributed by atoms with van der Waals surface area (Å²) in [5, 5.41) is 12.2. The molecule has 20 heavy (non-hydrogen) atoms. The highest BCUT2D eigenvalue weighted by Crippen LogP contribution is 2.12. The molecule has 0 aliphatic rings. The summed E-state index contributed by atoms with van der Waals surface area (Å²) < 4.78 is 5.34. The van der Waals surface area contributed by atoms with E-state index in [4.69, 9.17) is 4.74 Å². The van der Waals surface area contributed by atoms with Crippen LogP contribution < -0.4 is 10.1 Å². The van der Waals surface area contributed by atoms with Gasteiger partial charge in [0.1, 0.15) is 5.75 Å². The van der Waals surface area contributed by atoms with Crippen LogP contribution in [0.3, 0.4) is 0 Å². The molecule has 1 amide bonds. The van der Waals surface area contributed by atoms with Gasteiger partial charge in [0.25, 0.3) is 0 Å². The Morgan fingerprint density at radius 3 is 2.65 bits per heavy atom. The first-order valence-corrected chi connectivity index (χ1v) is 7.02. The zero-order chi connectivity index (χ0) is 14.8. The Morgan fingerprint density at radius 2 is 2.05 bits per heavy atom. The smallest absolute Gasteiger partial charge is 0.244 e. The fourth-order valence-corrected chi connectivity index (χ4v) is 1.73. The molecule has 2 N–H and O–H groups in total. The van der Waals surface area contributed by atoms with Crippen molar-refractivity contribution in [2.45, 2.75) is 32.8 Å². The highest BCUT2D eigenvalue weighted by Gasteiger charge is 2.03. The summed E-state index contributed by atoms with van der Waals surface area (Å²) in [7, 11) is 0. The number of hydrogen-bond acceptors (Lipinski definition) is 3. The maximum atomic E-state index is 11.6. The molecule has 0 aromatic heterocycles. The summed E-state index contributed by atoms with van der Waals surface area (Å²) in [6.07, 6.45) is 4.33. The van der Waals surface area contributed by atoms with Crippen LogP contribution in [0.25, 0.3) is 6.08 Å². The van der Waals surface area contributed by atoms with Crippen LogP contribution in [0.4, 0.5) is 0 Å². The molecule has 1 aromatic carbocycles. The van der Waals surface area contributed by atoms with Crippen molar-refractivity contribution in [3.8, 4) is 5.75 Å². The lowest BCUT2D eigenvalue weighted by Crippen LogP contribution is -2.30. The third-order valence-electron chi connectivity index (χ3n) is 2.75. The third-order valence-corrected chi connectivity index (χ3v) is 2.75. The van der Waals surface area contributed by atoms with Gasteiger partial charge in [0.05, 0.1) is 12.7 Å². The minimum Gasteiger partial charge on any atom is -0.494 e. The molecule has 0 saturated carbocycles. The standard InChI is InChI=1S/C16H23NO3/c1-3-5-14(18)12-17-16(19)11-8-13-6-9-15(10-7-13)20-4-2/h6-11,14,18H,3-5,12H2,1-2H3,(H,17,19)/b11-8+. The molecule has 0 spiro atoms. The Labute approximate surface area is 120 Å². The first kappa shape index (κ1) is 16.2. The van der Waals surface area contributed by atoms with Crippen molar-refractivity contribution in [2.24, 2.45) is 0 Å². The van der Waals surface area contributed by atoms with Gasteiger partial charge in [-0.1, -0.05) is 25.5 Å². The maximum absolute atomic E-state index is 11.6. The van der Waals surface area contributed by atoms with Gasteiger partial charge in [0.2, 0.25) is 5.91 Å². The van der Waals surface area contributed by atoms with Crippen molar-refractivity contribution < 1.29 is 14.6 Å². The van der Waals surface area contributed by atoms with E-state index >= 15 is 0 Å². The van der Waals surface area contributed by atoms with Gasteiger partial charge < -0.3 is 15.2 Å². The summed E-state index contributed by atoms with van der Waals surface area (Å²) in [5.74, 6) is 0.617. The normalized spacial score (nSPS) is 12.3. The van der Waals surface area contributed by atoms with Crippen LogP contribution in [0.2, 0.25) is 0 Å². The Hall–Kier alpha value is -1.81. The number of hydrogen-bond donors (Lipinski definition) is 2. The summed E-state index contributed by atoms with van der Waals surface area (Å²) in [6.45, 7) is 4.86. The van der Waals surface area contributed by atoms with Gasteiger partial charge in [0.15, 0.2) is 0 Å². The second-order valence-electron chi connectivity index (χ2n) is 4.52. The molecular weight excluding hydrogens is 254 g/mol. The van der Waals surface area contributed by atoms with Gasteiger partial charge in [0, 0.05) is 12.6 Å². The second kappa shape index (κ2) is 9.15. The number of aliphatic hydroxyl groups is 1. The van der Waals surface area contributed by atoms with Crippen molar-refractivity contribution in [3.05, 3.63) is 35.9 Å². The summed E-state index contributed by atoms with van der Waals surface area (Å²) in [4.78, 5) is 11.6. The number of carbonyl (C=O) groups is 1. The summed E-state index contributed by atoms with van der Waals surface area (Å²) in [5.41, 5.74) is 0.928. The largest absolute Gasteiger partial charge is 0.494 e. The number of amides is 1. The Bertz CT molecular complexity index is 426. The van der Waals surface area contributed by atoms with Crippen LogP contribution in [0.15, 0.2) is 30.3 Å². The van der Waals surface area contributed by atoms with Gasteiger partial charge >= 0.3 is 0 Å². The molecule has 0 heterocycles. The molecule has 0 fully saturated rings. The van der Waals surface area contributed by atoms with E-state index in [1.54, 1.807) is 6.08 Å². The SMILES string of the molecule is CCCC(O)CNC(=O)/C=C/c1ccc(OCC)cc1. The highest BCUT2D eigenvalue weighted by atomic mass is 16.5. The minimum absolute atomic E-state index is 0.200. The Morgan fingerprint density at radius 1 is 1.35 bits per heavy atom. The molecule has 0 radical (unpaired) electrons. The predicted molar refractivity (Wildman–Crippen MR) is 80.6 cm³/mol. The molecule has 1 aromatic rings. The topological polar surface area (TPSA) is 58.6 Å². The minimum atomic E-state index is -0.470. The number of nitrogens with one attached hydrogen (secondary N) is 1. The molecule has 1 rings (SSSR count). The maximum Gasteiger partial charge on any atom is 0.244 e. The average molecular weight is 277 g/mol. The van der Waals surface area contributed by atoms with Crippen LogP contribution >= 0.6 is 0 Å². The molecule has 1 unspecified atom stereocenters. The monoisotopic (exact) mass is 277 g/mol. The van der Waals surface area contributed by atoms with Crippen LogP contribution in [-0.2, 0) is 4.79 Å². The third kappa shape index (κ3) is 6.38. The van der Waals surface area contributed by atoms with Crippen molar-refractivity contribution in [1.29, 1.82) is 0 Å². The quantitative estimate of drug-likeness (QED) is 0.717. The van der Waals surface area contributed by atoms with Crippen molar-refractivity contribution in [3.63, 3.8) is 0 Å². The summed E-state index contributed by atoms with van der Waals surface area (Å²) in [6, 6.07) is 7.51. The molecule has 4 heteroatoms. The van der Waals surface area contributed by atoms with Gasteiger partial charge in [-0.3, -0.25) is 4.79 Å². The Balaban J connectivity index is 2.40. The summed E-state index contributed by atoms with van der Waals surface area (Å²) >= 11 is 0. The lowest BCUT2D eigenvalue weighted by Gasteiger charge is -2.08. The fourth-order valence-electron chi connectivity index (χ4n) is 1.73. The van der Waals surface area contributed by atoms with Gasteiger partial charge in [-0.2, -0.15) is 0 Å². The molecule has 110 valence electrons. The average Bonchev–Trinajstić information content (AvgIpc) is 2.45. The highest BCUT2D eigenvalue weighted by molar-refractivity contribution is 5.91. The van der Waals surface area contributed by atoms with E-state index in [1.165, 1.54) is 6.08 Å². The molecule has 0 aliphatic heterocycles. The van der Waals surface area contributed by atoms with Crippen LogP contribution in [0.5, 0.6) is 5.75 Å². The molecule has 0 bridgehead atoms. The van der Waals surface area contributed by atoms with Crippen molar-refractivity contribution >= 4 is 12.0 Å². The van der Waals surface area contributed by atoms with E-state index in [0.29, 0.717) is 19.6 Å². The number of aliphatic hydroxyl groups excluding tert-OH is 1. The molecular formula is C16H23NO3. The first-order chi connectivity index (χ1) is 9.65. The van der Waals surface area contributed by atoms with Crippen molar-refractivity contribution in [2.75, 3.05) is 13.2 Å². The van der Waals surface area contributed by atoms with E-state index < -0.39 is 6.10 Å². The second-order valence-corrected chi connectivity index (χ2v) is 4.52. The Kier molecular flexibility index (Phi) is 7.43. The zero-order valence-corrected chi connectivity index (χ0v) is 12.1. The van der Waals surface area contributed by atoms with Gasteiger partial charge in [-0.25, -0.2) is 0 Å². The number of carbonyl (C=O) groups excluding carboxylic acids is 1. The molecule has 0 aliphatic carbocycles. The lowest BCUT2D eigenvalue weighted by molar-refractivity contribution is -0.116. The van der Waals surface area contributed by atoms with Gasteiger partial charge in [-0.15, -0.1) is 0 Å². The molecule has 0 saturated heterocycles. The van der Waals surface area contributed by atoms with E-state index in [1.807, 2.05) is 38.1 Å². The number of ether oxygens (including phenoxy) is 1. The lowest BCUT2D eigenvalue weighted by atomic mass is 10.2. The first-order valence-electron chi connectivity index (χ1n) is 7.02. The number of rotatable bonds is 8. The zero-order valence-electron chi connectivity index (χ0n) is 12.1. The van der Waals surface area contributed by atoms with E-state index in [-0.39, 0.29) is 5.91 Å². The van der Waals surface area contributed by atoms with Crippen LogP contribution in [0, 0.1) is 0 Å². The van der Waals surface area contributed by atoms with Crippen LogP contribution in [0.1, 0.15) is 32.3 Å². The van der Waals surface area contributed by atoms with E-state index in [9.17, 15) is 9.90 Å². The van der Waals surface area contributed by atoms with E-state index in [2.05, 4.69) is 5.32 Å². The number of benzene rings is 1. The predicted octanol–water partition coefficient (Wildman–Crippen LogP) is 2.38. The fraction of sp³-hybridized carbons (Fsp3) is 0.438. The van der Waals surface area contributed by atoms with Crippen molar-refractivity contribution in [1.82, 2.24) is 5.32 Å². The molecule has 1 atom stereocenters.